The summed E-state index contributed by atoms with van der Waals surface area (Å²) in [5, 5.41) is 6.93. The van der Waals surface area contributed by atoms with E-state index in [1.54, 1.807) is 22.3 Å². The van der Waals surface area contributed by atoms with Gasteiger partial charge in [-0.2, -0.15) is 0 Å². The van der Waals surface area contributed by atoms with Crippen LogP contribution in [0.2, 0.25) is 0 Å². The van der Waals surface area contributed by atoms with Crippen LogP contribution in [0.1, 0.15) is 42.8 Å². The van der Waals surface area contributed by atoms with Crippen molar-refractivity contribution in [2.24, 2.45) is 0 Å². The molecule has 0 radical (unpaired) electrons. The first-order chi connectivity index (χ1) is 15.9. The molecule has 0 aliphatic carbocycles. The second kappa shape index (κ2) is 10.1. The van der Waals surface area contributed by atoms with Crippen LogP contribution >= 0.6 is 22.7 Å². The third-order valence-corrected chi connectivity index (χ3v) is 7.09. The van der Waals surface area contributed by atoms with Crippen molar-refractivity contribution in [1.82, 2.24) is 5.32 Å². The zero-order valence-corrected chi connectivity index (χ0v) is 20.5. The third-order valence-electron chi connectivity index (χ3n) is 5.35. The van der Waals surface area contributed by atoms with E-state index in [1.807, 2.05) is 86.1 Å². The maximum atomic E-state index is 13.8. The lowest BCUT2D eigenvalue weighted by Crippen LogP contribution is -2.43. The molecule has 0 saturated carbocycles. The average molecular weight is 475 g/mol. The van der Waals surface area contributed by atoms with E-state index in [4.69, 9.17) is 0 Å². The van der Waals surface area contributed by atoms with Crippen molar-refractivity contribution in [2.45, 2.75) is 33.4 Å². The number of thiophene rings is 2. The standard InChI is InChI=1S/C27H26N2O2S2/c1-18-8-10-21(11-9-18)25(26(30)28-17-23-6-4-12-32-23)29(27(31)24-7-5-13-33-24)22-15-19(2)14-20(3)16-22/h4-16,25H,17H2,1-3H3,(H,28,30)/t25-/m0/s1. The summed E-state index contributed by atoms with van der Waals surface area (Å²) in [6.45, 7) is 6.44. The Balaban J connectivity index is 1.81. The number of carbonyl (C=O) groups is 2. The average Bonchev–Trinajstić information content (AvgIpc) is 3.50. The van der Waals surface area contributed by atoms with Gasteiger partial charge in [0.05, 0.1) is 11.4 Å². The Morgan fingerprint density at radius 1 is 0.848 bits per heavy atom. The van der Waals surface area contributed by atoms with Gasteiger partial charge in [-0.1, -0.05) is 48.0 Å². The molecule has 1 atom stereocenters. The van der Waals surface area contributed by atoms with Crippen molar-refractivity contribution in [3.8, 4) is 0 Å². The lowest BCUT2D eigenvalue weighted by atomic mass is 10.0. The molecule has 0 fully saturated rings. The number of anilines is 1. The molecule has 2 amide bonds. The number of hydrogen-bond donors (Lipinski definition) is 1. The molecule has 1 N–H and O–H groups in total. The molecule has 0 bridgehead atoms. The molecule has 0 aliphatic rings. The molecular formula is C27H26N2O2S2. The van der Waals surface area contributed by atoms with Gasteiger partial charge in [0.1, 0.15) is 6.04 Å². The molecule has 168 valence electrons. The van der Waals surface area contributed by atoms with Crippen molar-refractivity contribution in [3.63, 3.8) is 0 Å². The van der Waals surface area contributed by atoms with Gasteiger partial charge in [-0.3, -0.25) is 14.5 Å². The molecule has 6 heteroatoms. The largest absolute Gasteiger partial charge is 0.349 e. The maximum absolute atomic E-state index is 13.8. The number of hydrogen-bond acceptors (Lipinski definition) is 4. The van der Waals surface area contributed by atoms with Gasteiger partial charge in [-0.15, -0.1) is 22.7 Å². The maximum Gasteiger partial charge on any atom is 0.269 e. The minimum atomic E-state index is -0.804. The Kier molecular flexibility index (Phi) is 7.06. The van der Waals surface area contributed by atoms with E-state index >= 15 is 0 Å². The molecule has 33 heavy (non-hydrogen) atoms. The van der Waals surface area contributed by atoms with Gasteiger partial charge in [-0.25, -0.2) is 0 Å². The second-order valence-electron chi connectivity index (χ2n) is 8.11. The number of nitrogens with zero attached hydrogens (tertiary/aromatic N) is 1. The van der Waals surface area contributed by atoms with Gasteiger partial charge >= 0.3 is 0 Å². The van der Waals surface area contributed by atoms with Crippen LogP contribution in [0, 0.1) is 20.8 Å². The van der Waals surface area contributed by atoms with Gasteiger partial charge in [0, 0.05) is 10.6 Å². The molecule has 4 aromatic rings. The first-order valence-electron chi connectivity index (χ1n) is 10.7. The normalized spacial score (nSPS) is 11.7. The number of nitrogens with one attached hydrogen (secondary N) is 1. The monoisotopic (exact) mass is 474 g/mol. The first-order valence-corrected chi connectivity index (χ1v) is 12.5. The highest BCUT2D eigenvalue weighted by Gasteiger charge is 2.34. The minimum Gasteiger partial charge on any atom is -0.349 e. The summed E-state index contributed by atoms with van der Waals surface area (Å²) >= 11 is 2.97. The van der Waals surface area contributed by atoms with Crippen LogP contribution in [0.25, 0.3) is 0 Å². The van der Waals surface area contributed by atoms with Crippen LogP contribution in [0.15, 0.2) is 77.5 Å². The Morgan fingerprint density at radius 2 is 1.52 bits per heavy atom. The highest BCUT2D eigenvalue weighted by atomic mass is 32.1. The fraction of sp³-hybridized carbons (Fsp3) is 0.185. The number of benzene rings is 2. The molecule has 4 rings (SSSR count). The molecule has 0 saturated heterocycles. The molecule has 0 unspecified atom stereocenters. The predicted molar refractivity (Wildman–Crippen MR) is 137 cm³/mol. The number of amides is 2. The first kappa shape index (κ1) is 23.0. The van der Waals surface area contributed by atoms with E-state index in [9.17, 15) is 9.59 Å². The van der Waals surface area contributed by atoms with Gasteiger partial charge < -0.3 is 5.32 Å². The SMILES string of the molecule is Cc1ccc([C@@H](C(=O)NCc2cccs2)N(C(=O)c2cccs2)c2cc(C)cc(C)c2)cc1. The molecule has 4 nitrogen and oxygen atoms in total. The van der Waals surface area contributed by atoms with Crippen LogP contribution in [0.4, 0.5) is 5.69 Å². The lowest BCUT2D eigenvalue weighted by Gasteiger charge is -2.32. The van der Waals surface area contributed by atoms with E-state index in [0.717, 1.165) is 27.1 Å². The minimum absolute atomic E-state index is 0.188. The third kappa shape index (κ3) is 5.41. The summed E-state index contributed by atoms with van der Waals surface area (Å²) in [6.07, 6.45) is 0. The fourth-order valence-corrected chi connectivity index (χ4v) is 5.15. The molecule has 0 aliphatic heterocycles. The van der Waals surface area contributed by atoms with Crippen LogP contribution in [0.3, 0.4) is 0 Å². The van der Waals surface area contributed by atoms with Crippen molar-refractivity contribution >= 4 is 40.2 Å². The number of rotatable bonds is 7. The van der Waals surface area contributed by atoms with E-state index < -0.39 is 6.04 Å². The molecule has 2 heterocycles. The quantitative estimate of drug-likeness (QED) is 0.335. The molecule has 0 spiro atoms. The van der Waals surface area contributed by atoms with Crippen molar-refractivity contribution in [2.75, 3.05) is 4.90 Å². The van der Waals surface area contributed by atoms with E-state index in [-0.39, 0.29) is 11.8 Å². The molecular weight excluding hydrogens is 448 g/mol. The topological polar surface area (TPSA) is 49.4 Å². The Hall–Kier alpha value is -3.22. The van der Waals surface area contributed by atoms with Crippen LogP contribution < -0.4 is 10.2 Å². The summed E-state index contributed by atoms with van der Waals surface area (Å²) in [5.41, 5.74) is 4.65. The summed E-state index contributed by atoms with van der Waals surface area (Å²) in [7, 11) is 0. The van der Waals surface area contributed by atoms with Gasteiger partial charge in [0.15, 0.2) is 0 Å². The van der Waals surface area contributed by atoms with E-state index in [2.05, 4.69) is 11.4 Å². The predicted octanol–water partition coefficient (Wildman–Crippen LogP) is 6.44. The Morgan fingerprint density at radius 3 is 2.12 bits per heavy atom. The van der Waals surface area contributed by atoms with E-state index in [0.29, 0.717) is 17.1 Å². The van der Waals surface area contributed by atoms with Gasteiger partial charge in [0.2, 0.25) is 5.91 Å². The van der Waals surface area contributed by atoms with Crippen LogP contribution in [-0.2, 0) is 11.3 Å². The van der Waals surface area contributed by atoms with Crippen molar-refractivity contribution in [3.05, 3.63) is 109 Å². The lowest BCUT2D eigenvalue weighted by molar-refractivity contribution is -0.122. The van der Waals surface area contributed by atoms with Crippen molar-refractivity contribution in [1.29, 1.82) is 0 Å². The van der Waals surface area contributed by atoms with Crippen LogP contribution in [-0.4, -0.2) is 11.8 Å². The highest BCUT2D eigenvalue weighted by Crippen LogP contribution is 2.32. The summed E-state index contributed by atoms with van der Waals surface area (Å²) < 4.78 is 0. The number of carbonyl (C=O) groups excluding carboxylic acids is 2. The van der Waals surface area contributed by atoms with E-state index in [1.165, 1.54) is 11.3 Å². The smallest absolute Gasteiger partial charge is 0.269 e. The number of aryl methyl sites for hydroxylation is 3. The summed E-state index contributed by atoms with van der Waals surface area (Å²) in [5.74, 6) is -0.400. The van der Waals surface area contributed by atoms with Gasteiger partial charge in [0.25, 0.3) is 5.91 Å². The zero-order valence-electron chi connectivity index (χ0n) is 18.9. The molecule has 2 aromatic carbocycles. The van der Waals surface area contributed by atoms with Gasteiger partial charge in [-0.05, 0) is 72.5 Å². The summed E-state index contributed by atoms with van der Waals surface area (Å²) in [4.78, 5) is 30.8. The summed E-state index contributed by atoms with van der Waals surface area (Å²) in [6, 6.07) is 20.6. The zero-order chi connectivity index (χ0) is 23.4. The molecule has 2 aromatic heterocycles. The van der Waals surface area contributed by atoms with Crippen molar-refractivity contribution < 1.29 is 9.59 Å². The van der Waals surface area contributed by atoms with Crippen LogP contribution in [0.5, 0.6) is 0 Å². The Labute approximate surface area is 202 Å². The second-order valence-corrected chi connectivity index (χ2v) is 10.1. The fourth-order valence-electron chi connectivity index (χ4n) is 3.84. The Bertz CT molecular complexity index is 1210. The highest BCUT2D eigenvalue weighted by molar-refractivity contribution is 7.12.